The van der Waals surface area contributed by atoms with Crippen molar-refractivity contribution in [1.29, 1.82) is 0 Å². The smallest absolute Gasteiger partial charge is 0.323 e. The molecule has 0 saturated carbocycles. The van der Waals surface area contributed by atoms with Gasteiger partial charge in [-0.2, -0.15) is 0 Å². The van der Waals surface area contributed by atoms with Gasteiger partial charge in [-0.15, -0.1) is 0 Å². The van der Waals surface area contributed by atoms with Crippen LogP contribution in [0.25, 0.3) is 0 Å². The number of carbonyl (C=O) groups excluding carboxylic acids is 2. The maximum Gasteiger partial charge on any atom is 0.323 e. The first-order chi connectivity index (χ1) is 15.1. The zero-order valence-corrected chi connectivity index (χ0v) is 20.1. The van der Waals surface area contributed by atoms with Crippen LogP contribution < -0.4 is 0 Å². The molecule has 0 fully saturated rings. The summed E-state index contributed by atoms with van der Waals surface area (Å²) in [6.45, 7) is 6.65. The molecule has 0 aliphatic carbocycles. The molecule has 1 aromatic rings. The molecule has 0 aliphatic rings. The molecular weight excluding hydrogens is 388 g/mol. The van der Waals surface area contributed by atoms with E-state index >= 15 is 0 Å². The minimum absolute atomic E-state index is 0.320. The van der Waals surface area contributed by atoms with E-state index in [1.165, 1.54) is 50.5 Å². The van der Waals surface area contributed by atoms with Gasteiger partial charge in [0.1, 0.15) is 0 Å². The molecule has 4 nitrogen and oxygen atoms in total. The third-order valence-electron chi connectivity index (χ3n) is 6.16. The molecule has 0 saturated heterocycles. The van der Waals surface area contributed by atoms with E-state index in [9.17, 15) is 9.59 Å². The van der Waals surface area contributed by atoms with Crippen LogP contribution in [0.15, 0.2) is 30.3 Å². The molecule has 0 heterocycles. The van der Waals surface area contributed by atoms with E-state index in [1.54, 1.807) is 0 Å². The number of esters is 2. The molecule has 0 radical (unpaired) electrons. The van der Waals surface area contributed by atoms with Crippen molar-refractivity contribution in [2.45, 2.75) is 104 Å². The zero-order chi connectivity index (χ0) is 22.8. The average Bonchev–Trinajstić information content (AvgIpc) is 2.80. The van der Waals surface area contributed by atoms with Crippen molar-refractivity contribution in [1.82, 2.24) is 0 Å². The molecule has 0 unspecified atom stereocenters. The first-order valence-corrected chi connectivity index (χ1v) is 12.5. The summed E-state index contributed by atoms with van der Waals surface area (Å²) in [6.07, 6.45) is 13.3. The molecule has 1 aromatic carbocycles. The lowest BCUT2D eigenvalue weighted by Gasteiger charge is -2.27. The summed E-state index contributed by atoms with van der Waals surface area (Å²) in [6, 6.07) is 10.1. The van der Waals surface area contributed by atoms with Crippen molar-refractivity contribution in [3.8, 4) is 0 Å². The number of hydrogen-bond donors (Lipinski definition) is 0. The third kappa shape index (κ3) is 10.3. The van der Waals surface area contributed by atoms with E-state index in [2.05, 4.69) is 19.1 Å². The van der Waals surface area contributed by atoms with E-state index in [0.717, 1.165) is 25.7 Å². The number of hydrogen-bond acceptors (Lipinski definition) is 4. The second-order valence-electron chi connectivity index (χ2n) is 8.48. The third-order valence-corrected chi connectivity index (χ3v) is 6.16. The molecule has 1 rings (SSSR count). The normalized spacial score (nSPS) is 11.3. The highest BCUT2D eigenvalue weighted by Crippen LogP contribution is 2.30. The molecule has 176 valence electrons. The molecule has 0 N–H and O–H groups in total. The first kappa shape index (κ1) is 27.2. The second kappa shape index (κ2) is 16.8. The lowest BCUT2D eigenvalue weighted by molar-refractivity contribution is -0.173. The van der Waals surface area contributed by atoms with Gasteiger partial charge in [-0.1, -0.05) is 102 Å². The van der Waals surface area contributed by atoms with Crippen LogP contribution in [0.5, 0.6) is 0 Å². The topological polar surface area (TPSA) is 52.6 Å². The van der Waals surface area contributed by atoms with Gasteiger partial charge >= 0.3 is 11.9 Å². The van der Waals surface area contributed by atoms with Gasteiger partial charge in [0.15, 0.2) is 5.41 Å². The summed E-state index contributed by atoms with van der Waals surface area (Å²) in [5.41, 5.74) is 0.0441. The van der Waals surface area contributed by atoms with Crippen molar-refractivity contribution in [2.24, 2.45) is 5.41 Å². The van der Waals surface area contributed by atoms with Crippen molar-refractivity contribution >= 4 is 11.9 Å². The molecule has 0 aromatic heterocycles. The Morgan fingerprint density at radius 2 is 1.16 bits per heavy atom. The van der Waals surface area contributed by atoms with Crippen molar-refractivity contribution in [3.63, 3.8) is 0 Å². The fraction of sp³-hybridized carbons (Fsp3) is 0.704. The van der Waals surface area contributed by atoms with Crippen molar-refractivity contribution in [3.05, 3.63) is 35.9 Å². The maximum absolute atomic E-state index is 12.7. The van der Waals surface area contributed by atoms with Crippen LogP contribution in [0.3, 0.4) is 0 Å². The molecule has 0 atom stereocenters. The first-order valence-electron chi connectivity index (χ1n) is 12.5. The van der Waals surface area contributed by atoms with Crippen LogP contribution in [0, 0.1) is 5.41 Å². The van der Waals surface area contributed by atoms with E-state index in [4.69, 9.17) is 9.47 Å². The summed E-state index contributed by atoms with van der Waals surface area (Å²) in [7, 11) is 0. The van der Waals surface area contributed by atoms with E-state index in [1.807, 2.05) is 32.0 Å². The fourth-order valence-corrected chi connectivity index (χ4v) is 3.85. The lowest BCUT2D eigenvalue weighted by atomic mass is 9.82. The summed E-state index contributed by atoms with van der Waals surface area (Å²) in [5, 5.41) is 0. The number of aryl methyl sites for hydroxylation is 1. The summed E-state index contributed by atoms with van der Waals surface area (Å²) < 4.78 is 11.0. The van der Waals surface area contributed by atoms with Gasteiger partial charge in [0.2, 0.25) is 0 Å². The minimum atomic E-state index is -1.17. The summed E-state index contributed by atoms with van der Waals surface area (Å²) in [4.78, 5) is 25.5. The van der Waals surface area contributed by atoms with Gasteiger partial charge in [0.25, 0.3) is 0 Å². The van der Waals surface area contributed by atoms with Crippen LogP contribution >= 0.6 is 0 Å². The van der Waals surface area contributed by atoms with Crippen molar-refractivity contribution < 1.29 is 19.1 Å². The number of carbonyl (C=O) groups is 2. The Hall–Kier alpha value is -1.84. The van der Waals surface area contributed by atoms with Crippen LogP contribution in [-0.2, 0) is 25.5 Å². The Balaban J connectivity index is 2.28. The molecule has 0 aliphatic heterocycles. The second-order valence-corrected chi connectivity index (χ2v) is 8.48. The quantitative estimate of drug-likeness (QED) is 0.142. The molecule has 31 heavy (non-hydrogen) atoms. The largest absolute Gasteiger partial charge is 0.465 e. The maximum atomic E-state index is 12.7. The van der Waals surface area contributed by atoms with Gasteiger partial charge in [-0.25, -0.2) is 0 Å². The molecule has 0 spiro atoms. The van der Waals surface area contributed by atoms with Crippen LogP contribution in [0.2, 0.25) is 0 Å². The van der Waals surface area contributed by atoms with Crippen LogP contribution in [-0.4, -0.2) is 25.2 Å². The van der Waals surface area contributed by atoms with Gasteiger partial charge in [0.05, 0.1) is 13.2 Å². The van der Waals surface area contributed by atoms with Gasteiger partial charge < -0.3 is 9.47 Å². The van der Waals surface area contributed by atoms with Crippen LogP contribution in [0.4, 0.5) is 0 Å². The van der Waals surface area contributed by atoms with E-state index in [-0.39, 0.29) is 0 Å². The predicted molar refractivity (Wildman–Crippen MR) is 127 cm³/mol. The Bertz CT molecular complexity index is 593. The highest BCUT2D eigenvalue weighted by molar-refractivity contribution is 5.99. The predicted octanol–water partition coefficient (Wildman–Crippen LogP) is 7.04. The zero-order valence-electron chi connectivity index (χ0n) is 20.1. The Labute approximate surface area is 190 Å². The Kier molecular flexibility index (Phi) is 14.7. The summed E-state index contributed by atoms with van der Waals surface area (Å²) >= 11 is 0. The number of benzene rings is 1. The van der Waals surface area contributed by atoms with Gasteiger partial charge in [-0.3, -0.25) is 9.59 Å². The Morgan fingerprint density at radius 3 is 1.68 bits per heavy atom. The minimum Gasteiger partial charge on any atom is -0.465 e. The SMILES string of the molecule is CCCCCCCCCCCOC(=O)C(CC)(CC)C(=O)OCCCc1ccccc1. The molecular formula is C27H44O4. The summed E-state index contributed by atoms with van der Waals surface area (Å²) in [5.74, 6) is -0.868. The Morgan fingerprint density at radius 1 is 0.677 bits per heavy atom. The molecule has 0 amide bonds. The van der Waals surface area contributed by atoms with Crippen LogP contribution in [0.1, 0.15) is 103 Å². The fourth-order valence-electron chi connectivity index (χ4n) is 3.85. The number of ether oxygens (including phenoxy) is 2. The van der Waals surface area contributed by atoms with E-state index < -0.39 is 17.4 Å². The van der Waals surface area contributed by atoms with E-state index in [0.29, 0.717) is 26.1 Å². The number of unbranched alkanes of at least 4 members (excludes halogenated alkanes) is 8. The lowest BCUT2D eigenvalue weighted by Crippen LogP contribution is -2.41. The molecule has 0 bridgehead atoms. The van der Waals surface area contributed by atoms with Gasteiger partial charge in [-0.05, 0) is 37.7 Å². The van der Waals surface area contributed by atoms with Crippen molar-refractivity contribution in [2.75, 3.05) is 13.2 Å². The van der Waals surface area contributed by atoms with Gasteiger partial charge in [0, 0.05) is 0 Å². The monoisotopic (exact) mass is 432 g/mol. The highest BCUT2D eigenvalue weighted by atomic mass is 16.6. The standard InChI is InChI=1S/C27H44O4/c1-4-7-8-9-10-11-12-13-17-22-30-25(28)27(5-2,6-3)26(29)31-23-18-21-24-19-15-14-16-20-24/h14-16,19-20H,4-13,17-18,21-23H2,1-3H3. The highest BCUT2D eigenvalue weighted by Gasteiger charge is 2.45. The molecule has 4 heteroatoms. The number of rotatable bonds is 18. The average molecular weight is 433 g/mol.